The highest BCUT2D eigenvalue weighted by Gasteiger charge is 2.41. The lowest BCUT2D eigenvalue weighted by molar-refractivity contribution is -0.157. The van der Waals surface area contributed by atoms with Crippen LogP contribution in [0.4, 0.5) is 13.2 Å². The largest absolute Gasteiger partial charge is 0.407 e. The number of nitrogens with one attached hydrogen (secondary N) is 1. The molecule has 90 valence electrons. The van der Waals surface area contributed by atoms with E-state index in [1.165, 1.54) is 6.07 Å². The average Bonchev–Trinajstić information content (AvgIpc) is 2.17. The first-order valence-corrected chi connectivity index (χ1v) is 6.20. The molecule has 0 fully saturated rings. The van der Waals surface area contributed by atoms with Crippen LogP contribution < -0.4 is 5.32 Å². The Kier molecular flexibility index (Phi) is 4.82. The molecular weight excluding hydrogens is 351 g/mol. The molecule has 0 aliphatic heterocycles. The van der Waals surface area contributed by atoms with Crippen LogP contribution in [0.15, 0.2) is 27.1 Å². The maximum Gasteiger partial charge on any atom is 0.407 e. The quantitative estimate of drug-likeness (QED) is 0.841. The highest BCUT2D eigenvalue weighted by atomic mass is 79.9. The summed E-state index contributed by atoms with van der Waals surface area (Å²) in [4.78, 5) is 0. The van der Waals surface area contributed by atoms with Crippen molar-refractivity contribution in [3.8, 4) is 0 Å². The molecule has 0 radical (unpaired) electrons. The van der Waals surface area contributed by atoms with Crippen molar-refractivity contribution in [1.29, 1.82) is 0 Å². The molecule has 1 atom stereocenters. The first kappa shape index (κ1) is 14.0. The van der Waals surface area contributed by atoms with Gasteiger partial charge in [0.25, 0.3) is 0 Å². The van der Waals surface area contributed by atoms with E-state index in [0.29, 0.717) is 8.95 Å². The van der Waals surface area contributed by atoms with Crippen molar-refractivity contribution >= 4 is 31.9 Å². The van der Waals surface area contributed by atoms with Gasteiger partial charge in [-0.25, -0.2) is 0 Å². The second kappa shape index (κ2) is 5.51. The van der Waals surface area contributed by atoms with E-state index in [4.69, 9.17) is 0 Å². The molecule has 0 aliphatic carbocycles. The van der Waals surface area contributed by atoms with Crippen LogP contribution >= 0.6 is 31.9 Å². The first-order valence-electron chi connectivity index (χ1n) is 4.61. The normalized spacial score (nSPS) is 13.9. The van der Waals surface area contributed by atoms with Crippen LogP contribution in [-0.4, -0.2) is 12.7 Å². The minimum Gasteiger partial charge on any atom is -0.303 e. The molecule has 1 nitrogen and oxygen atoms in total. The summed E-state index contributed by atoms with van der Waals surface area (Å²) in [6.45, 7) is 1.90. The molecule has 1 rings (SSSR count). The zero-order valence-electron chi connectivity index (χ0n) is 8.41. The Morgan fingerprint density at radius 2 is 1.94 bits per heavy atom. The molecular formula is C10H10Br2F3N. The third kappa shape index (κ3) is 3.46. The van der Waals surface area contributed by atoms with E-state index in [2.05, 4.69) is 37.2 Å². The van der Waals surface area contributed by atoms with Crippen molar-refractivity contribution in [2.45, 2.75) is 19.1 Å². The van der Waals surface area contributed by atoms with Crippen LogP contribution in [0.5, 0.6) is 0 Å². The van der Waals surface area contributed by atoms with Crippen LogP contribution in [0.3, 0.4) is 0 Å². The van der Waals surface area contributed by atoms with Gasteiger partial charge >= 0.3 is 6.18 Å². The number of alkyl halides is 3. The van der Waals surface area contributed by atoms with E-state index in [9.17, 15) is 13.2 Å². The van der Waals surface area contributed by atoms with Gasteiger partial charge in [-0.3, -0.25) is 0 Å². The molecule has 0 heterocycles. The van der Waals surface area contributed by atoms with E-state index in [1.54, 1.807) is 19.1 Å². The Balaban J connectivity index is 3.15. The lowest BCUT2D eigenvalue weighted by atomic mass is 10.1. The second-order valence-corrected chi connectivity index (χ2v) is 4.97. The maximum atomic E-state index is 12.8. The summed E-state index contributed by atoms with van der Waals surface area (Å²) in [7, 11) is 0. The summed E-state index contributed by atoms with van der Waals surface area (Å²) >= 11 is 6.30. The smallest absolute Gasteiger partial charge is 0.303 e. The van der Waals surface area contributed by atoms with Crippen molar-refractivity contribution in [3.05, 3.63) is 32.7 Å². The Morgan fingerprint density at radius 1 is 1.31 bits per heavy atom. The standard InChI is InChI=1S/C10H10Br2F3N/c1-2-16-9(10(13,14)15)7-5-6(11)3-4-8(7)12/h3-5,9,16H,2H2,1H3. The van der Waals surface area contributed by atoms with Crippen molar-refractivity contribution < 1.29 is 13.2 Å². The molecule has 1 aromatic rings. The highest BCUT2D eigenvalue weighted by molar-refractivity contribution is 9.11. The molecule has 1 N–H and O–H groups in total. The van der Waals surface area contributed by atoms with Gasteiger partial charge in [0.1, 0.15) is 6.04 Å². The van der Waals surface area contributed by atoms with Crippen molar-refractivity contribution in [2.75, 3.05) is 6.54 Å². The van der Waals surface area contributed by atoms with Crippen molar-refractivity contribution in [3.63, 3.8) is 0 Å². The zero-order chi connectivity index (χ0) is 12.3. The van der Waals surface area contributed by atoms with E-state index in [-0.39, 0.29) is 12.1 Å². The van der Waals surface area contributed by atoms with Gasteiger partial charge in [-0.1, -0.05) is 38.8 Å². The SMILES string of the molecule is CCNC(c1cc(Br)ccc1Br)C(F)(F)F. The van der Waals surface area contributed by atoms with Crippen LogP contribution in [0.25, 0.3) is 0 Å². The maximum absolute atomic E-state index is 12.8. The molecule has 0 saturated heterocycles. The van der Waals surface area contributed by atoms with E-state index in [1.807, 2.05) is 0 Å². The first-order chi connectivity index (χ1) is 7.36. The molecule has 16 heavy (non-hydrogen) atoms. The summed E-state index contributed by atoms with van der Waals surface area (Å²) < 4.78 is 39.5. The topological polar surface area (TPSA) is 12.0 Å². The van der Waals surface area contributed by atoms with Gasteiger partial charge in [0, 0.05) is 8.95 Å². The molecule has 0 aliphatic rings. The number of rotatable bonds is 3. The van der Waals surface area contributed by atoms with Crippen molar-refractivity contribution in [2.24, 2.45) is 0 Å². The molecule has 0 aromatic heterocycles. The summed E-state index contributed by atoms with van der Waals surface area (Å²) in [5.41, 5.74) is 0.184. The summed E-state index contributed by atoms with van der Waals surface area (Å²) in [6.07, 6.45) is -4.31. The molecule has 0 saturated carbocycles. The lowest BCUT2D eigenvalue weighted by Gasteiger charge is -2.22. The predicted molar refractivity (Wildman–Crippen MR) is 64.3 cm³/mol. The van der Waals surface area contributed by atoms with Gasteiger partial charge < -0.3 is 5.32 Å². The Hall–Kier alpha value is -0.0700. The molecule has 0 bridgehead atoms. The zero-order valence-corrected chi connectivity index (χ0v) is 11.6. The van der Waals surface area contributed by atoms with Crippen molar-refractivity contribution in [1.82, 2.24) is 5.32 Å². The van der Waals surface area contributed by atoms with Gasteiger partial charge in [0.15, 0.2) is 0 Å². The van der Waals surface area contributed by atoms with Crippen LogP contribution in [-0.2, 0) is 0 Å². The molecule has 0 spiro atoms. The average molecular weight is 361 g/mol. The molecule has 6 heteroatoms. The minimum atomic E-state index is -4.31. The van der Waals surface area contributed by atoms with Crippen LogP contribution in [0.2, 0.25) is 0 Å². The Morgan fingerprint density at radius 3 is 2.44 bits per heavy atom. The van der Waals surface area contributed by atoms with Gasteiger partial charge in [-0.15, -0.1) is 0 Å². The second-order valence-electron chi connectivity index (χ2n) is 3.20. The van der Waals surface area contributed by atoms with E-state index < -0.39 is 12.2 Å². The monoisotopic (exact) mass is 359 g/mol. The third-order valence-corrected chi connectivity index (χ3v) is 3.22. The number of benzene rings is 1. The lowest BCUT2D eigenvalue weighted by Crippen LogP contribution is -2.34. The Labute approximate surface area is 109 Å². The van der Waals surface area contributed by atoms with Gasteiger partial charge in [0.2, 0.25) is 0 Å². The van der Waals surface area contributed by atoms with E-state index >= 15 is 0 Å². The fourth-order valence-corrected chi connectivity index (χ4v) is 2.20. The minimum absolute atomic E-state index is 0.184. The fourth-order valence-electron chi connectivity index (χ4n) is 1.34. The summed E-state index contributed by atoms with van der Waals surface area (Å²) in [5.74, 6) is 0. The van der Waals surface area contributed by atoms with Crippen LogP contribution in [0, 0.1) is 0 Å². The summed E-state index contributed by atoms with van der Waals surface area (Å²) in [5, 5.41) is 2.43. The molecule has 1 aromatic carbocycles. The number of halogens is 5. The fraction of sp³-hybridized carbons (Fsp3) is 0.400. The van der Waals surface area contributed by atoms with Gasteiger partial charge in [-0.05, 0) is 30.3 Å². The molecule has 0 amide bonds. The third-order valence-electron chi connectivity index (χ3n) is 2.00. The number of hydrogen-bond donors (Lipinski definition) is 1. The molecule has 1 unspecified atom stereocenters. The predicted octanol–water partition coefficient (Wildman–Crippen LogP) is 4.42. The van der Waals surface area contributed by atoms with Crippen LogP contribution in [0.1, 0.15) is 18.5 Å². The number of hydrogen-bond acceptors (Lipinski definition) is 1. The summed E-state index contributed by atoms with van der Waals surface area (Å²) in [6, 6.07) is 3.09. The highest BCUT2D eigenvalue weighted by Crippen LogP contribution is 2.37. The van der Waals surface area contributed by atoms with Gasteiger partial charge in [0.05, 0.1) is 0 Å². The van der Waals surface area contributed by atoms with Gasteiger partial charge in [-0.2, -0.15) is 13.2 Å². The Bertz CT molecular complexity index is 366. The van der Waals surface area contributed by atoms with E-state index in [0.717, 1.165) is 0 Å².